The fourth-order valence-corrected chi connectivity index (χ4v) is 3.34. The van der Waals surface area contributed by atoms with Crippen molar-refractivity contribution >= 4 is 11.8 Å². The van der Waals surface area contributed by atoms with Crippen molar-refractivity contribution in [3.05, 3.63) is 41.6 Å². The van der Waals surface area contributed by atoms with Crippen molar-refractivity contribution in [3.63, 3.8) is 0 Å². The normalized spacial score (nSPS) is 15.3. The van der Waals surface area contributed by atoms with Gasteiger partial charge in [-0.15, -0.1) is 0 Å². The number of benzene rings is 1. The van der Waals surface area contributed by atoms with E-state index in [0.29, 0.717) is 11.5 Å². The van der Waals surface area contributed by atoms with Gasteiger partial charge >= 0.3 is 0 Å². The number of carbonyl (C=O) groups excluding carboxylic acids is 2. The number of hydrogen-bond donors (Lipinski definition) is 2. The van der Waals surface area contributed by atoms with Crippen molar-refractivity contribution in [2.45, 2.75) is 45.6 Å². The van der Waals surface area contributed by atoms with E-state index in [9.17, 15) is 9.59 Å². The van der Waals surface area contributed by atoms with E-state index in [1.165, 1.54) is 18.4 Å². The summed E-state index contributed by atoms with van der Waals surface area (Å²) in [5.74, 6) is 0.113. The van der Waals surface area contributed by atoms with Gasteiger partial charge in [0.05, 0.1) is 5.69 Å². The smallest absolute Gasteiger partial charge is 0.251 e. The number of aryl methyl sites for hydroxylation is 1. The van der Waals surface area contributed by atoms with Crippen LogP contribution in [0.4, 0.5) is 0 Å². The SMILES string of the molecule is CNC(=O)[C@@H](NC(=O)c1ccc(C2CC2)c(-c2ccnn2C)c1)C(C)(C)C. The van der Waals surface area contributed by atoms with Gasteiger partial charge in [-0.2, -0.15) is 5.10 Å². The van der Waals surface area contributed by atoms with Crippen LogP contribution in [0.3, 0.4) is 0 Å². The van der Waals surface area contributed by atoms with Crippen molar-refractivity contribution < 1.29 is 9.59 Å². The van der Waals surface area contributed by atoms with Crippen LogP contribution < -0.4 is 10.6 Å². The Balaban J connectivity index is 1.94. The summed E-state index contributed by atoms with van der Waals surface area (Å²) >= 11 is 0. The van der Waals surface area contributed by atoms with Crippen LogP contribution in [-0.2, 0) is 11.8 Å². The summed E-state index contributed by atoms with van der Waals surface area (Å²) < 4.78 is 1.82. The summed E-state index contributed by atoms with van der Waals surface area (Å²) in [6.07, 6.45) is 4.12. The van der Waals surface area contributed by atoms with Crippen molar-refractivity contribution in [3.8, 4) is 11.3 Å². The molecule has 1 fully saturated rings. The number of carbonyl (C=O) groups is 2. The second kappa shape index (κ2) is 7.18. The van der Waals surface area contributed by atoms with Gasteiger partial charge in [0.2, 0.25) is 5.91 Å². The fourth-order valence-electron chi connectivity index (χ4n) is 3.34. The third-order valence-electron chi connectivity index (χ3n) is 5.08. The van der Waals surface area contributed by atoms with Crippen LogP contribution in [0.15, 0.2) is 30.5 Å². The quantitative estimate of drug-likeness (QED) is 0.852. The lowest BCUT2D eigenvalue weighted by atomic mass is 9.86. The minimum absolute atomic E-state index is 0.197. The van der Waals surface area contributed by atoms with Gasteiger partial charge in [-0.25, -0.2) is 0 Å². The lowest BCUT2D eigenvalue weighted by Gasteiger charge is -2.30. The van der Waals surface area contributed by atoms with Crippen molar-refractivity contribution in [2.75, 3.05) is 7.05 Å². The molecule has 1 atom stereocenters. The summed E-state index contributed by atoms with van der Waals surface area (Å²) in [5, 5.41) is 9.81. The Bertz CT molecular complexity index is 859. The Hall–Kier alpha value is -2.63. The van der Waals surface area contributed by atoms with E-state index in [4.69, 9.17) is 0 Å². The zero-order chi connectivity index (χ0) is 19.8. The maximum absolute atomic E-state index is 12.9. The van der Waals surface area contributed by atoms with Gasteiger partial charge in [-0.3, -0.25) is 14.3 Å². The first-order chi connectivity index (χ1) is 12.7. The monoisotopic (exact) mass is 368 g/mol. The highest BCUT2D eigenvalue weighted by molar-refractivity contribution is 5.98. The van der Waals surface area contributed by atoms with E-state index >= 15 is 0 Å². The van der Waals surface area contributed by atoms with Crippen LogP contribution in [0.2, 0.25) is 0 Å². The molecule has 1 aliphatic carbocycles. The van der Waals surface area contributed by atoms with Crippen LogP contribution >= 0.6 is 0 Å². The molecule has 6 nitrogen and oxygen atoms in total. The Morgan fingerprint density at radius 3 is 2.44 bits per heavy atom. The molecule has 0 unspecified atom stereocenters. The second-order valence-electron chi connectivity index (χ2n) is 8.30. The highest BCUT2D eigenvalue weighted by Gasteiger charge is 2.33. The Labute approximate surface area is 160 Å². The first kappa shape index (κ1) is 19.1. The van der Waals surface area contributed by atoms with Gasteiger partial charge < -0.3 is 10.6 Å². The highest BCUT2D eigenvalue weighted by Crippen LogP contribution is 2.44. The maximum Gasteiger partial charge on any atom is 0.251 e. The van der Waals surface area contributed by atoms with Gasteiger partial charge in [0.15, 0.2) is 0 Å². The molecular formula is C21H28N4O2. The van der Waals surface area contributed by atoms with Crippen LogP contribution in [0.25, 0.3) is 11.3 Å². The van der Waals surface area contributed by atoms with E-state index in [-0.39, 0.29) is 11.8 Å². The minimum atomic E-state index is -0.613. The Morgan fingerprint density at radius 1 is 1.22 bits per heavy atom. The number of nitrogens with one attached hydrogen (secondary N) is 2. The third kappa shape index (κ3) is 4.04. The zero-order valence-corrected chi connectivity index (χ0v) is 16.7. The van der Waals surface area contributed by atoms with Crippen LogP contribution in [0.5, 0.6) is 0 Å². The number of likely N-dealkylation sites (N-methyl/N-ethyl adjacent to an activating group) is 1. The van der Waals surface area contributed by atoms with Gasteiger partial charge in [0.1, 0.15) is 6.04 Å². The van der Waals surface area contributed by atoms with E-state index in [1.54, 1.807) is 13.2 Å². The van der Waals surface area contributed by atoms with E-state index < -0.39 is 11.5 Å². The lowest BCUT2D eigenvalue weighted by Crippen LogP contribution is -2.52. The lowest BCUT2D eigenvalue weighted by molar-refractivity contribution is -0.124. The van der Waals surface area contributed by atoms with Crippen molar-refractivity contribution in [1.29, 1.82) is 0 Å². The minimum Gasteiger partial charge on any atom is -0.357 e. The molecule has 2 N–H and O–H groups in total. The summed E-state index contributed by atoms with van der Waals surface area (Å²) in [6, 6.07) is 7.17. The molecule has 0 saturated heterocycles. The standard InChI is InChI=1S/C21H28N4O2/c1-21(2,3)18(20(27)22-4)24-19(26)14-8-9-15(13-6-7-13)16(12-14)17-10-11-23-25(17)5/h8-13,18H,6-7H2,1-5H3,(H,22,27)(H,24,26)/t18-/m1/s1. The topological polar surface area (TPSA) is 76.0 Å². The zero-order valence-electron chi connectivity index (χ0n) is 16.7. The van der Waals surface area contributed by atoms with Crippen molar-refractivity contribution in [2.24, 2.45) is 12.5 Å². The molecule has 2 amide bonds. The first-order valence-corrected chi connectivity index (χ1v) is 9.37. The summed E-state index contributed by atoms with van der Waals surface area (Å²) in [5.41, 5.74) is 3.44. The maximum atomic E-state index is 12.9. The molecule has 0 bridgehead atoms. The predicted molar refractivity (Wildman–Crippen MR) is 105 cm³/mol. The average molecular weight is 368 g/mol. The van der Waals surface area contributed by atoms with Crippen LogP contribution in [0, 0.1) is 5.41 Å². The van der Waals surface area contributed by atoms with Gasteiger partial charge in [-0.05, 0) is 47.9 Å². The number of nitrogens with zero attached hydrogens (tertiary/aromatic N) is 2. The van der Waals surface area contributed by atoms with Crippen LogP contribution in [-0.4, -0.2) is 34.7 Å². The van der Waals surface area contributed by atoms with Gasteiger partial charge in [0, 0.05) is 31.4 Å². The van der Waals surface area contributed by atoms with E-state index in [1.807, 2.05) is 56.8 Å². The number of rotatable bonds is 5. The first-order valence-electron chi connectivity index (χ1n) is 9.37. The molecule has 27 heavy (non-hydrogen) atoms. The van der Waals surface area contributed by atoms with E-state index in [2.05, 4.69) is 15.7 Å². The van der Waals surface area contributed by atoms with Gasteiger partial charge in [0.25, 0.3) is 5.91 Å². The molecule has 0 radical (unpaired) electrons. The molecule has 0 spiro atoms. The fraction of sp³-hybridized carbons (Fsp3) is 0.476. The molecular weight excluding hydrogens is 340 g/mol. The highest BCUT2D eigenvalue weighted by atomic mass is 16.2. The molecule has 6 heteroatoms. The Kier molecular flexibility index (Phi) is 5.09. The van der Waals surface area contributed by atoms with Gasteiger partial charge in [-0.1, -0.05) is 26.8 Å². The summed E-state index contributed by atoms with van der Waals surface area (Å²) in [6.45, 7) is 5.80. The molecule has 2 aromatic rings. The summed E-state index contributed by atoms with van der Waals surface area (Å²) in [4.78, 5) is 25.2. The predicted octanol–water partition coefficient (Wildman–Crippen LogP) is 2.86. The van der Waals surface area contributed by atoms with Crippen LogP contribution in [0.1, 0.15) is 55.5 Å². The molecule has 144 valence electrons. The average Bonchev–Trinajstić information content (AvgIpc) is 3.38. The molecule has 1 saturated carbocycles. The molecule has 1 heterocycles. The van der Waals surface area contributed by atoms with Crippen molar-refractivity contribution in [1.82, 2.24) is 20.4 Å². The molecule has 0 aliphatic heterocycles. The largest absolute Gasteiger partial charge is 0.357 e. The Morgan fingerprint density at radius 2 is 1.93 bits per heavy atom. The molecule has 3 rings (SSSR count). The molecule has 1 aliphatic rings. The molecule has 1 aromatic heterocycles. The number of aromatic nitrogens is 2. The summed E-state index contributed by atoms with van der Waals surface area (Å²) in [7, 11) is 3.48. The number of amides is 2. The third-order valence-corrected chi connectivity index (χ3v) is 5.08. The molecule has 1 aromatic carbocycles. The van der Waals surface area contributed by atoms with E-state index in [0.717, 1.165) is 11.3 Å². The second-order valence-corrected chi connectivity index (χ2v) is 8.30. The number of hydrogen-bond acceptors (Lipinski definition) is 3.